The van der Waals surface area contributed by atoms with Crippen molar-refractivity contribution in [3.05, 3.63) is 47.5 Å². The zero-order chi connectivity index (χ0) is 17.5. The summed E-state index contributed by atoms with van der Waals surface area (Å²) >= 11 is 0. The first-order valence-electron chi connectivity index (χ1n) is 10.2. The van der Waals surface area contributed by atoms with Crippen molar-refractivity contribution in [3.8, 4) is 0 Å². The molecule has 1 aromatic carbocycles. The Bertz CT molecular complexity index is 518. The van der Waals surface area contributed by atoms with E-state index in [4.69, 9.17) is 9.47 Å². The smallest absolute Gasteiger partial charge is 0.0806 e. The standard InChI is InChI=1S/C23H34O2/c1-3-4-18-5-10-20(11-6-18)21-12-7-19(8-13-21)9-14-22-15-16-23(24-2)17-25-22/h5-6,9-11,14,19,21-23H,3-4,7-8,12-13,15-17H2,1-2H3. The third-order valence-corrected chi connectivity index (χ3v) is 5.96. The van der Waals surface area contributed by atoms with Gasteiger partial charge in [-0.05, 0) is 67.9 Å². The highest BCUT2D eigenvalue weighted by Crippen LogP contribution is 2.36. The molecule has 1 aromatic rings. The van der Waals surface area contributed by atoms with E-state index >= 15 is 0 Å². The van der Waals surface area contributed by atoms with Gasteiger partial charge in [0.1, 0.15) is 0 Å². The monoisotopic (exact) mass is 342 g/mol. The predicted molar refractivity (Wildman–Crippen MR) is 104 cm³/mol. The summed E-state index contributed by atoms with van der Waals surface area (Å²) in [4.78, 5) is 0. The predicted octanol–water partition coefficient (Wildman–Crippen LogP) is 5.66. The zero-order valence-electron chi connectivity index (χ0n) is 16.0. The van der Waals surface area contributed by atoms with Crippen LogP contribution in [0.25, 0.3) is 0 Å². The average molecular weight is 343 g/mol. The molecule has 1 saturated heterocycles. The molecule has 0 N–H and O–H groups in total. The van der Waals surface area contributed by atoms with Crippen molar-refractivity contribution in [2.24, 2.45) is 5.92 Å². The minimum absolute atomic E-state index is 0.295. The van der Waals surface area contributed by atoms with E-state index in [0.29, 0.717) is 12.2 Å². The number of hydrogen-bond acceptors (Lipinski definition) is 2. The van der Waals surface area contributed by atoms with Crippen LogP contribution in [0.5, 0.6) is 0 Å². The molecule has 2 atom stereocenters. The molecule has 0 radical (unpaired) electrons. The lowest BCUT2D eigenvalue weighted by Crippen LogP contribution is -2.29. The van der Waals surface area contributed by atoms with Crippen LogP contribution >= 0.6 is 0 Å². The zero-order valence-corrected chi connectivity index (χ0v) is 16.0. The molecule has 25 heavy (non-hydrogen) atoms. The second-order valence-electron chi connectivity index (χ2n) is 7.80. The van der Waals surface area contributed by atoms with Crippen molar-refractivity contribution in [1.29, 1.82) is 0 Å². The molecular formula is C23H34O2. The Kier molecular flexibility index (Phi) is 7.12. The topological polar surface area (TPSA) is 18.5 Å². The molecule has 0 amide bonds. The van der Waals surface area contributed by atoms with Crippen molar-refractivity contribution >= 4 is 0 Å². The summed E-state index contributed by atoms with van der Waals surface area (Å²) in [7, 11) is 1.78. The maximum absolute atomic E-state index is 5.88. The van der Waals surface area contributed by atoms with Gasteiger partial charge in [-0.3, -0.25) is 0 Å². The fourth-order valence-electron chi connectivity index (χ4n) is 4.26. The van der Waals surface area contributed by atoms with Gasteiger partial charge in [0.05, 0.1) is 18.8 Å². The van der Waals surface area contributed by atoms with Gasteiger partial charge < -0.3 is 9.47 Å². The van der Waals surface area contributed by atoms with Crippen LogP contribution in [0.15, 0.2) is 36.4 Å². The van der Waals surface area contributed by atoms with Crippen LogP contribution < -0.4 is 0 Å². The molecule has 0 spiro atoms. The number of methoxy groups -OCH3 is 1. The summed E-state index contributed by atoms with van der Waals surface area (Å²) in [5.74, 6) is 1.49. The molecule has 2 heteroatoms. The summed E-state index contributed by atoms with van der Waals surface area (Å²) in [5.41, 5.74) is 3.02. The lowest BCUT2D eigenvalue weighted by atomic mass is 9.78. The number of hydrogen-bond donors (Lipinski definition) is 0. The first kappa shape index (κ1) is 18.7. The van der Waals surface area contributed by atoms with Gasteiger partial charge >= 0.3 is 0 Å². The first-order chi connectivity index (χ1) is 12.3. The summed E-state index contributed by atoms with van der Waals surface area (Å²) in [6.07, 6.45) is 15.2. The Morgan fingerprint density at radius 3 is 2.36 bits per heavy atom. The van der Waals surface area contributed by atoms with Crippen molar-refractivity contribution < 1.29 is 9.47 Å². The summed E-state index contributed by atoms with van der Waals surface area (Å²) in [6, 6.07) is 9.40. The molecule has 138 valence electrons. The van der Waals surface area contributed by atoms with E-state index in [1.54, 1.807) is 12.7 Å². The van der Waals surface area contributed by atoms with E-state index in [9.17, 15) is 0 Å². The maximum atomic E-state index is 5.88. The molecule has 2 fully saturated rings. The van der Waals surface area contributed by atoms with E-state index in [1.165, 1.54) is 44.1 Å². The largest absolute Gasteiger partial charge is 0.379 e. The minimum Gasteiger partial charge on any atom is -0.379 e. The Morgan fingerprint density at radius 1 is 1.00 bits per heavy atom. The number of rotatable bonds is 6. The van der Waals surface area contributed by atoms with Gasteiger partial charge in [-0.25, -0.2) is 0 Å². The van der Waals surface area contributed by atoms with Crippen LogP contribution in [0.4, 0.5) is 0 Å². The highest BCUT2D eigenvalue weighted by atomic mass is 16.5. The average Bonchev–Trinajstić information content (AvgIpc) is 2.68. The van der Waals surface area contributed by atoms with E-state index in [-0.39, 0.29) is 0 Å². The SMILES string of the molecule is CCCc1ccc(C2CCC(C=CC3CCC(OC)CO3)CC2)cc1. The van der Waals surface area contributed by atoms with Crippen molar-refractivity contribution in [1.82, 2.24) is 0 Å². The lowest BCUT2D eigenvalue weighted by Gasteiger charge is -2.29. The van der Waals surface area contributed by atoms with Crippen LogP contribution in [-0.2, 0) is 15.9 Å². The number of ether oxygens (including phenoxy) is 2. The van der Waals surface area contributed by atoms with Crippen LogP contribution in [0.1, 0.15) is 68.9 Å². The van der Waals surface area contributed by atoms with Gasteiger partial charge in [0.2, 0.25) is 0 Å². The summed E-state index contributed by atoms with van der Waals surface area (Å²) in [6.45, 7) is 2.99. The first-order valence-corrected chi connectivity index (χ1v) is 10.2. The van der Waals surface area contributed by atoms with Gasteiger partial charge in [0.15, 0.2) is 0 Å². The Hall–Kier alpha value is -1.12. The van der Waals surface area contributed by atoms with Gasteiger partial charge in [-0.2, -0.15) is 0 Å². The maximum Gasteiger partial charge on any atom is 0.0806 e. The molecule has 0 aromatic heterocycles. The Morgan fingerprint density at radius 2 is 1.76 bits per heavy atom. The van der Waals surface area contributed by atoms with Gasteiger partial charge in [0, 0.05) is 7.11 Å². The highest BCUT2D eigenvalue weighted by Gasteiger charge is 2.22. The molecule has 1 aliphatic heterocycles. The van der Waals surface area contributed by atoms with Gasteiger partial charge in [-0.15, -0.1) is 0 Å². The molecule has 2 nitrogen and oxygen atoms in total. The third kappa shape index (κ3) is 5.43. The third-order valence-electron chi connectivity index (χ3n) is 5.96. The summed E-state index contributed by atoms with van der Waals surface area (Å²) < 4.78 is 11.2. The molecule has 0 bridgehead atoms. The fraction of sp³-hybridized carbons (Fsp3) is 0.652. The Balaban J connectivity index is 1.43. The molecule has 2 unspecified atom stereocenters. The van der Waals surface area contributed by atoms with E-state index in [2.05, 4.69) is 43.3 Å². The molecule has 2 aliphatic rings. The van der Waals surface area contributed by atoms with Crippen LogP contribution in [0.3, 0.4) is 0 Å². The fourth-order valence-corrected chi connectivity index (χ4v) is 4.26. The molecular weight excluding hydrogens is 308 g/mol. The van der Waals surface area contributed by atoms with E-state index in [1.807, 2.05) is 0 Å². The lowest BCUT2D eigenvalue weighted by molar-refractivity contribution is -0.0545. The van der Waals surface area contributed by atoms with Crippen LogP contribution in [-0.4, -0.2) is 25.9 Å². The van der Waals surface area contributed by atoms with Crippen molar-refractivity contribution in [2.45, 2.75) is 76.4 Å². The number of allylic oxidation sites excluding steroid dienone is 1. The second kappa shape index (κ2) is 9.54. The van der Waals surface area contributed by atoms with E-state index < -0.39 is 0 Å². The van der Waals surface area contributed by atoms with Crippen LogP contribution in [0.2, 0.25) is 0 Å². The van der Waals surface area contributed by atoms with Gasteiger partial charge in [-0.1, -0.05) is 49.8 Å². The molecule has 1 aliphatic carbocycles. The van der Waals surface area contributed by atoms with E-state index in [0.717, 1.165) is 31.3 Å². The molecule has 3 rings (SSSR count). The van der Waals surface area contributed by atoms with Gasteiger partial charge in [0.25, 0.3) is 0 Å². The number of aryl methyl sites for hydroxylation is 1. The summed E-state index contributed by atoms with van der Waals surface area (Å²) in [5, 5.41) is 0. The highest BCUT2D eigenvalue weighted by molar-refractivity contribution is 5.26. The minimum atomic E-state index is 0.295. The quantitative estimate of drug-likeness (QED) is 0.621. The van der Waals surface area contributed by atoms with Crippen molar-refractivity contribution in [3.63, 3.8) is 0 Å². The Labute approximate surface area is 153 Å². The normalized spacial score (nSPS) is 30.6. The van der Waals surface area contributed by atoms with Crippen molar-refractivity contribution in [2.75, 3.05) is 13.7 Å². The number of benzene rings is 1. The molecule has 1 heterocycles. The second-order valence-corrected chi connectivity index (χ2v) is 7.80. The molecule has 1 saturated carbocycles. The van der Waals surface area contributed by atoms with Crippen LogP contribution in [0, 0.1) is 5.92 Å².